The molecule has 4 aromatic rings. The number of hydrogen-bond acceptors (Lipinski definition) is 6. The molecule has 0 N–H and O–H groups in total. The zero-order chi connectivity index (χ0) is 28.6. The zero-order valence-corrected chi connectivity index (χ0v) is 23.3. The van der Waals surface area contributed by atoms with Crippen molar-refractivity contribution in [3.05, 3.63) is 108 Å². The highest BCUT2D eigenvalue weighted by Crippen LogP contribution is 2.38. The van der Waals surface area contributed by atoms with Gasteiger partial charge in [0.25, 0.3) is 0 Å². The van der Waals surface area contributed by atoms with Gasteiger partial charge < -0.3 is 33.7 Å². The Kier molecular flexibility index (Phi) is 9.06. The van der Waals surface area contributed by atoms with Crippen LogP contribution in [-0.4, -0.2) is 51.0 Å². The molecule has 2 unspecified atom stereocenters. The minimum atomic E-state index is -1.19. The van der Waals surface area contributed by atoms with Crippen LogP contribution in [-0.2, 0) is 11.3 Å². The van der Waals surface area contributed by atoms with Crippen molar-refractivity contribution in [1.29, 1.82) is 0 Å². The number of hydrogen-bond donors (Lipinski definition) is 0. The van der Waals surface area contributed by atoms with Gasteiger partial charge in [-0.15, -0.1) is 0 Å². The van der Waals surface area contributed by atoms with Crippen LogP contribution in [0, 0.1) is 0 Å². The summed E-state index contributed by atoms with van der Waals surface area (Å²) >= 11 is 0. The highest BCUT2D eigenvalue weighted by atomic mass is 16.5. The highest BCUT2D eigenvalue weighted by molar-refractivity contribution is 5.94. The van der Waals surface area contributed by atoms with Crippen LogP contribution in [0.4, 0.5) is 4.79 Å². The summed E-state index contributed by atoms with van der Waals surface area (Å²) in [6.07, 6.45) is 3.08. The Morgan fingerprint density at radius 2 is 1.68 bits per heavy atom. The molecule has 0 aliphatic carbocycles. The molecule has 0 spiro atoms. The number of carbonyl (C=O) groups excluding carboxylic acids is 1. The molecule has 0 bridgehead atoms. The predicted molar refractivity (Wildman–Crippen MR) is 157 cm³/mol. The van der Waals surface area contributed by atoms with Gasteiger partial charge in [0.05, 0.1) is 26.9 Å². The summed E-state index contributed by atoms with van der Waals surface area (Å²) in [5, 5.41) is 13.6. The Labute approximate surface area is 240 Å². The van der Waals surface area contributed by atoms with Crippen molar-refractivity contribution in [2.45, 2.75) is 25.0 Å². The molecule has 1 aliphatic heterocycles. The summed E-state index contributed by atoms with van der Waals surface area (Å²) < 4.78 is 23.8. The molecule has 1 fully saturated rings. The third-order valence-corrected chi connectivity index (χ3v) is 7.49. The Bertz CT molecular complexity index is 1480. The van der Waals surface area contributed by atoms with Crippen LogP contribution >= 0.6 is 0 Å². The van der Waals surface area contributed by atoms with Gasteiger partial charge in [0.2, 0.25) is 0 Å². The average Bonchev–Trinajstić information content (AvgIpc) is 3.02. The molecule has 1 aliphatic rings. The number of carboxylic acid groups (broad SMARTS) is 1. The topological polar surface area (TPSA) is 80.3 Å². The molecule has 2 atom stereocenters. The minimum Gasteiger partial charge on any atom is -0.530 e. The highest BCUT2D eigenvalue weighted by Gasteiger charge is 2.32. The van der Waals surface area contributed by atoms with Crippen molar-refractivity contribution in [2.24, 2.45) is 0 Å². The zero-order valence-electron chi connectivity index (χ0n) is 23.3. The minimum absolute atomic E-state index is 0.00553. The van der Waals surface area contributed by atoms with E-state index in [4.69, 9.17) is 18.9 Å². The molecule has 41 heavy (non-hydrogen) atoms. The Morgan fingerprint density at radius 3 is 2.39 bits per heavy atom. The predicted octanol–water partition coefficient (Wildman–Crippen LogP) is 5.67. The smallest absolute Gasteiger partial charge is 0.137 e. The monoisotopic (exact) mass is 552 g/mol. The van der Waals surface area contributed by atoms with Crippen LogP contribution in [0.3, 0.4) is 0 Å². The number of amides is 1. The van der Waals surface area contributed by atoms with Gasteiger partial charge in [-0.1, -0.05) is 72.8 Å². The van der Waals surface area contributed by atoms with Crippen LogP contribution < -0.4 is 19.3 Å². The van der Waals surface area contributed by atoms with E-state index in [0.29, 0.717) is 25.3 Å². The number of fused-ring (bicyclic) bond motifs is 1. The fourth-order valence-electron chi connectivity index (χ4n) is 5.42. The lowest BCUT2D eigenvalue weighted by molar-refractivity contribution is -0.268. The van der Waals surface area contributed by atoms with E-state index in [1.54, 1.807) is 14.2 Å². The van der Waals surface area contributed by atoms with Gasteiger partial charge in [-0.3, -0.25) is 0 Å². The molecule has 5 rings (SSSR count). The summed E-state index contributed by atoms with van der Waals surface area (Å²) in [5.74, 6) is 2.22. The lowest BCUT2D eigenvalue weighted by atomic mass is 9.87. The molecule has 7 nitrogen and oxygen atoms in total. The van der Waals surface area contributed by atoms with E-state index in [0.717, 1.165) is 39.0 Å². The molecular weight excluding hydrogens is 518 g/mol. The van der Waals surface area contributed by atoms with Gasteiger partial charge in [0.15, 0.2) is 0 Å². The maximum Gasteiger partial charge on any atom is 0.137 e. The molecule has 7 heteroatoms. The van der Waals surface area contributed by atoms with E-state index in [2.05, 4.69) is 0 Å². The first kappa shape index (κ1) is 28.1. The summed E-state index contributed by atoms with van der Waals surface area (Å²) in [6.45, 7) is 1.31. The summed E-state index contributed by atoms with van der Waals surface area (Å²) in [5.41, 5.74) is 3.03. The second kappa shape index (κ2) is 13.2. The summed E-state index contributed by atoms with van der Waals surface area (Å²) in [4.78, 5) is 13.0. The first-order valence-corrected chi connectivity index (χ1v) is 13.7. The number of piperidine rings is 1. The van der Waals surface area contributed by atoms with Gasteiger partial charge in [-0.2, -0.15) is 0 Å². The number of ether oxygens (including phenoxy) is 4. The van der Waals surface area contributed by atoms with Crippen LogP contribution in [0.1, 0.15) is 29.0 Å². The number of methoxy groups -OCH3 is 2. The van der Waals surface area contributed by atoms with E-state index >= 15 is 0 Å². The molecule has 1 amide bonds. The summed E-state index contributed by atoms with van der Waals surface area (Å²) in [7, 11) is 3.28. The third-order valence-electron chi connectivity index (χ3n) is 7.49. The second-order valence-corrected chi connectivity index (χ2v) is 9.97. The molecule has 0 radical (unpaired) electrons. The first-order valence-electron chi connectivity index (χ1n) is 13.7. The quantitative estimate of drug-likeness (QED) is 0.252. The van der Waals surface area contributed by atoms with Crippen molar-refractivity contribution in [3.63, 3.8) is 0 Å². The Hall–Kier alpha value is -4.49. The lowest BCUT2D eigenvalue weighted by Gasteiger charge is -2.40. The first-order chi connectivity index (χ1) is 20.1. The number of benzene rings is 4. The van der Waals surface area contributed by atoms with Gasteiger partial charge in [-0.25, -0.2) is 0 Å². The van der Waals surface area contributed by atoms with Crippen LogP contribution in [0.2, 0.25) is 0 Å². The maximum atomic E-state index is 11.7. The van der Waals surface area contributed by atoms with Gasteiger partial charge in [-0.05, 0) is 41.8 Å². The van der Waals surface area contributed by atoms with Crippen LogP contribution in [0.15, 0.2) is 91.0 Å². The number of rotatable bonds is 10. The Balaban J connectivity index is 1.30. The van der Waals surface area contributed by atoms with Crippen molar-refractivity contribution in [2.75, 3.05) is 33.9 Å². The second-order valence-electron chi connectivity index (χ2n) is 9.97. The standard InChI is InChI=1S/C34H35NO6/c1-38-31-21-26(33(39-2)30-13-7-6-12-29(30)31)23-41-32-22-35(34(36)37)19-18-28(32)25-14-16-27(17-15-25)40-20-8-11-24-9-4-3-5-10-24/h3-17,21,28,32H,18-20,22-23H2,1-2H3,(H,36,37)/p-1/b11-8+. The van der Waals surface area contributed by atoms with Gasteiger partial charge in [0.1, 0.15) is 29.9 Å². The summed E-state index contributed by atoms with van der Waals surface area (Å²) in [6, 6.07) is 27.9. The largest absolute Gasteiger partial charge is 0.530 e. The Morgan fingerprint density at radius 1 is 0.951 bits per heavy atom. The van der Waals surface area contributed by atoms with Crippen molar-refractivity contribution in [1.82, 2.24) is 4.90 Å². The molecule has 0 saturated carbocycles. The molecule has 1 heterocycles. The van der Waals surface area contributed by atoms with E-state index < -0.39 is 6.09 Å². The van der Waals surface area contributed by atoms with E-state index in [1.165, 1.54) is 4.90 Å². The molecule has 1 saturated heterocycles. The molecule has 4 aromatic carbocycles. The molecule has 212 valence electrons. The average molecular weight is 553 g/mol. The van der Waals surface area contributed by atoms with Crippen molar-refractivity contribution >= 4 is 22.9 Å². The number of nitrogens with zero attached hydrogens (tertiary/aromatic N) is 1. The van der Waals surface area contributed by atoms with Crippen LogP contribution in [0.5, 0.6) is 17.2 Å². The third kappa shape index (κ3) is 6.64. The number of carbonyl (C=O) groups is 1. The number of likely N-dealkylation sites (tertiary alicyclic amines) is 1. The fourth-order valence-corrected chi connectivity index (χ4v) is 5.42. The van der Waals surface area contributed by atoms with E-state index in [9.17, 15) is 9.90 Å². The fraction of sp³-hybridized carbons (Fsp3) is 0.265. The van der Waals surface area contributed by atoms with Crippen molar-refractivity contribution < 1.29 is 28.8 Å². The van der Waals surface area contributed by atoms with Crippen LogP contribution in [0.25, 0.3) is 16.8 Å². The SMILES string of the molecule is COc1cc(COC2CN(C(=O)[O-])CCC2c2ccc(OC/C=C/c3ccccc3)cc2)c(OC)c2ccccc12. The van der Waals surface area contributed by atoms with Gasteiger partial charge >= 0.3 is 0 Å². The maximum absolute atomic E-state index is 11.7. The van der Waals surface area contributed by atoms with Gasteiger partial charge in [0, 0.05) is 35.3 Å². The lowest BCUT2D eigenvalue weighted by Crippen LogP contribution is -2.51. The molecular formula is C34H34NO6-. The van der Waals surface area contributed by atoms with E-state index in [-0.39, 0.29) is 25.2 Å². The van der Waals surface area contributed by atoms with Crippen molar-refractivity contribution in [3.8, 4) is 17.2 Å². The normalized spacial score (nSPS) is 17.1. The van der Waals surface area contributed by atoms with E-state index in [1.807, 2.05) is 97.1 Å². The molecule has 0 aromatic heterocycles.